The van der Waals surface area contributed by atoms with E-state index in [2.05, 4.69) is 14.8 Å². The number of nitrogens with two attached hydrogens (primary N) is 1. The molecule has 0 aliphatic heterocycles. The number of carbonyl (C=O) groups excluding carboxylic acids is 1. The maximum atomic E-state index is 10.3. The molecular formula is C3H8NO4P. The first kappa shape index (κ1) is 8.46. The summed E-state index contributed by atoms with van der Waals surface area (Å²) in [6.07, 6.45) is -1.08. The monoisotopic (exact) mass is 153 g/mol. The molecule has 0 heterocycles. The zero-order valence-corrected chi connectivity index (χ0v) is 5.92. The first-order chi connectivity index (χ1) is 4.16. The summed E-state index contributed by atoms with van der Waals surface area (Å²) in [5, 5.41) is 0. The van der Waals surface area contributed by atoms with Crippen LogP contribution in [0.15, 0.2) is 0 Å². The summed E-state index contributed by atoms with van der Waals surface area (Å²) >= 11 is 0. The summed E-state index contributed by atoms with van der Waals surface area (Å²) in [5.41, 5.74) is 4.51. The Labute approximate surface area is 53.1 Å². The molecule has 6 heteroatoms. The van der Waals surface area contributed by atoms with Crippen LogP contribution in [0.25, 0.3) is 0 Å². The van der Waals surface area contributed by atoms with Crippen LogP contribution < -0.4 is 5.73 Å². The first-order valence-corrected chi connectivity index (χ1v) is 3.53. The summed E-state index contributed by atoms with van der Waals surface area (Å²) in [6.45, 7) is 1.87. The van der Waals surface area contributed by atoms with Crippen molar-refractivity contribution in [3.05, 3.63) is 0 Å². The van der Waals surface area contributed by atoms with Gasteiger partial charge in [0, 0.05) is 0 Å². The molecule has 0 aromatic rings. The number of carbonyl (C=O) groups is 1. The van der Waals surface area contributed by atoms with Crippen molar-refractivity contribution < 1.29 is 18.4 Å². The minimum Gasteiger partial charge on any atom is -0.377 e. The SMILES string of the molecule is CCO[PH](=O)OC(N)=O. The van der Waals surface area contributed by atoms with Crippen LogP contribution in [0.5, 0.6) is 0 Å². The van der Waals surface area contributed by atoms with E-state index in [0.29, 0.717) is 0 Å². The van der Waals surface area contributed by atoms with Gasteiger partial charge in [-0.2, -0.15) is 0 Å². The van der Waals surface area contributed by atoms with Gasteiger partial charge in [0.15, 0.2) is 0 Å². The van der Waals surface area contributed by atoms with Crippen LogP contribution in [0.3, 0.4) is 0 Å². The highest BCUT2D eigenvalue weighted by Gasteiger charge is 2.00. The van der Waals surface area contributed by atoms with E-state index >= 15 is 0 Å². The van der Waals surface area contributed by atoms with Crippen LogP contribution in [-0.2, 0) is 13.6 Å². The van der Waals surface area contributed by atoms with E-state index in [-0.39, 0.29) is 6.61 Å². The molecule has 9 heavy (non-hydrogen) atoms. The fourth-order valence-electron chi connectivity index (χ4n) is 0.229. The molecule has 0 aliphatic carbocycles. The lowest BCUT2D eigenvalue weighted by atomic mass is 10.9. The molecule has 0 saturated carbocycles. The van der Waals surface area contributed by atoms with E-state index in [1.165, 1.54) is 0 Å². The molecule has 54 valence electrons. The molecule has 0 spiro atoms. The Morgan fingerprint density at radius 2 is 2.33 bits per heavy atom. The Hall–Kier alpha value is -0.540. The number of hydrogen-bond donors (Lipinski definition) is 1. The number of amides is 1. The topological polar surface area (TPSA) is 78.6 Å². The van der Waals surface area contributed by atoms with Crippen molar-refractivity contribution in [2.45, 2.75) is 6.92 Å². The van der Waals surface area contributed by atoms with Crippen molar-refractivity contribution in [2.75, 3.05) is 6.61 Å². The van der Waals surface area contributed by atoms with Gasteiger partial charge in [-0.3, -0.25) is 0 Å². The minimum atomic E-state index is -2.66. The molecule has 0 aliphatic rings. The fraction of sp³-hybridized carbons (Fsp3) is 0.667. The maximum absolute atomic E-state index is 10.3. The van der Waals surface area contributed by atoms with Crippen molar-refractivity contribution in [1.29, 1.82) is 0 Å². The Morgan fingerprint density at radius 3 is 2.67 bits per heavy atom. The minimum absolute atomic E-state index is 0.241. The summed E-state index contributed by atoms with van der Waals surface area (Å²) in [6, 6.07) is 0. The van der Waals surface area contributed by atoms with E-state index in [9.17, 15) is 9.36 Å². The normalized spacial score (nSPS) is 12.6. The van der Waals surface area contributed by atoms with Gasteiger partial charge in [-0.05, 0) is 6.92 Å². The van der Waals surface area contributed by atoms with Crippen LogP contribution in [0.2, 0.25) is 0 Å². The van der Waals surface area contributed by atoms with E-state index < -0.39 is 14.3 Å². The highest BCUT2D eigenvalue weighted by molar-refractivity contribution is 7.34. The summed E-state index contributed by atoms with van der Waals surface area (Å²) in [7, 11) is -2.66. The lowest BCUT2D eigenvalue weighted by Gasteiger charge is -1.98. The molecular weight excluding hydrogens is 145 g/mol. The van der Waals surface area contributed by atoms with Gasteiger partial charge in [0.2, 0.25) is 0 Å². The second-order valence-corrected chi connectivity index (χ2v) is 2.10. The molecule has 0 aromatic carbocycles. The van der Waals surface area contributed by atoms with Crippen molar-refractivity contribution in [2.24, 2.45) is 5.73 Å². The average molecular weight is 153 g/mol. The van der Waals surface area contributed by atoms with Gasteiger partial charge in [-0.25, -0.2) is 9.36 Å². The number of hydrogen-bond acceptors (Lipinski definition) is 4. The van der Waals surface area contributed by atoms with Crippen molar-refractivity contribution in [3.8, 4) is 0 Å². The number of rotatable bonds is 3. The third-order valence-corrected chi connectivity index (χ3v) is 1.34. The summed E-state index contributed by atoms with van der Waals surface area (Å²) in [4.78, 5) is 9.83. The van der Waals surface area contributed by atoms with Crippen LogP contribution in [0.4, 0.5) is 4.79 Å². The van der Waals surface area contributed by atoms with Gasteiger partial charge in [-0.1, -0.05) is 0 Å². The van der Waals surface area contributed by atoms with Crippen molar-refractivity contribution in [1.82, 2.24) is 0 Å². The number of primary amides is 1. The maximum Gasteiger partial charge on any atom is 0.410 e. The Bertz CT molecular complexity index is 125. The van der Waals surface area contributed by atoms with Gasteiger partial charge in [0.25, 0.3) is 0 Å². The molecule has 0 saturated heterocycles. The van der Waals surface area contributed by atoms with Crippen LogP contribution in [0.1, 0.15) is 6.92 Å². The predicted molar refractivity (Wildman–Crippen MR) is 31.3 cm³/mol. The second-order valence-electron chi connectivity index (χ2n) is 1.10. The zero-order chi connectivity index (χ0) is 7.28. The van der Waals surface area contributed by atoms with Crippen molar-refractivity contribution >= 4 is 14.3 Å². The molecule has 0 radical (unpaired) electrons. The lowest BCUT2D eigenvalue weighted by molar-refractivity contribution is 0.199. The summed E-state index contributed by atoms with van der Waals surface area (Å²) < 4.78 is 18.6. The average Bonchev–Trinajstić information content (AvgIpc) is 1.63. The molecule has 1 atom stereocenters. The third kappa shape index (κ3) is 5.33. The van der Waals surface area contributed by atoms with Gasteiger partial charge in [-0.15, -0.1) is 0 Å². The van der Waals surface area contributed by atoms with Gasteiger partial charge in [0.1, 0.15) is 0 Å². The van der Waals surface area contributed by atoms with Gasteiger partial charge < -0.3 is 14.8 Å². The molecule has 0 rings (SSSR count). The largest absolute Gasteiger partial charge is 0.410 e. The Kier molecular flexibility index (Phi) is 4.09. The van der Waals surface area contributed by atoms with Crippen LogP contribution in [-0.4, -0.2) is 12.7 Å². The predicted octanol–water partition coefficient (Wildman–Crippen LogP) is 0.508. The molecule has 5 nitrogen and oxygen atoms in total. The Balaban J connectivity index is 3.39. The van der Waals surface area contributed by atoms with Gasteiger partial charge >= 0.3 is 14.3 Å². The lowest BCUT2D eigenvalue weighted by Crippen LogP contribution is -2.08. The zero-order valence-electron chi connectivity index (χ0n) is 4.92. The molecule has 1 amide bonds. The molecule has 1 unspecified atom stereocenters. The van der Waals surface area contributed by atoms with E-state index in [4.69, 9.17) is 0 Å². The fourth-order valence-corrected chi connectivity index (χ4v) is 0.688. The Morgan fingerprint density at radius 1 is 1.78 bits per heavy atom. The highest BCUT2D eigenvalue weighted by atomic mass is 31.1. The second kappa shape index (κ2) is 4.35. The smallest absolute Gasteiger partial charge is 0.377 e. The standard InChI is InChI=1S/C3H8NO4P/c1-2-7-9(6)8-3(4)5/h9H,2H2,1H3,(H2,4,5). The van der Waals surface area contributed by atoms with Crippen LogP contribution in [0, 0.1) is 0 Å². The molecule has 0 bridgehead atoms. The van der Waals surface area contributed by atoms with E-state index in [1.807, 2.05) is 0 Å². The van der Waals surface area contributed by atoms with Crippen molar-refractivity contribution in [3.63, 3.8) is 0 Å². The van der Waals surface area contributed by atoms with E-state index in [0.717, 1.165) is 0 Å². The van der Waals surface area contributed by atoms with Gasteiger partial charge in [0.05, 0.1) is 6.61 Å². The van der Waals surface area contributed by atoms with E-state index in [1.54, 1.807) is 6.92 Å². The van der Waals surface area contributed by atoms with Crippen LogP contribution >= 0.6 is 8.25 Å². The highest BCUT2D eigenvalue weighted by Crippen LogP contribution is 2.22. The molecule has 2 N–H and O–H groups in total. The molecule has 0 aromatic heterocycles. The molecule has 0 fully saturated rings. The third-order valence-electron chi connectivity index (χ3n) is 0.446. The summed E-state index contributed by atoms with van der Waals surface area (Å²) in [5.74, 6) is 0. The first-order valence-electron chi connectivity index (χ1n) is 2.31. The quantitative estimate of drug-likeness (QED) is 0.599.